The average molecular weight is 464 g/mol. The number of nitrogens with one attached hydrogen (secondary N) is 1. The summed E-state index contributed by atoms with van der Waals surface area (Å²) in [5.74, 6) is 0.0994. The van der Waals surface area contributed by atoms with Crippen LogP contribution in [0.2, 0.25) is 5.02 Å². The van der Waals surface area contributed by atoms with Gasteiger partial charge in [-0.05, 0) is 31.0 Å². The van der Waals surface area contributed by atoms with Gasteiger partial charge in [0.05, 0.1) is 0 Å². The van der Waals surface area contributed by atoms with Crippen LogP contribution >= 0.6 is 11.6 Å². The van der Waals surface area contributed by atoms with Gasteiger partial charge in [0.25, 0.3) is 0 Å². The third kappa shape index (κ3) is 16.6. The number of rotatable bonds is 21. The molecule has 184 valence electrons. The van der Waals surface area contributed by atoms with Crippen LogP contribution in [0, 0.1) is 6.92 Å². The number of unbranched alkanes of at least 4 members (excludes halogenated alkanes) is 18. The maximum Gasteiger partial charge on any atom is 0.224 e. The first-order valence-electron chi connectivity index (χ1n) is 13.7. The van der Waals surface area contributed by atoms with E-state index in [0.717, 1.165) is 24.1 Å². The van der Waals surface area contributed by atoms with Gasteiger partial charge in [-0.3, -0.25) is 4.79 Å². The van der Waals surface area contributed by atoms with Crippen molar-refractivity contribution in [1.29, 1.82) is 0 Å². The molecular weight excluding hydrogens is 414 g/mol. The molecule has 0 saturated carbocycles. The Hall–Kier alpha value is -1.02. The Bertz CT molecular complexity index is 587. The zero-order valence-corrected chi connectivity index (χ0v) is 21.9. The van der Waals surface area contributed by atoms with E-state index < -0.39 is 0 Å². The number of aryl methyl sites for hydroxylation is 1. The molecule has 2 nitrogen and oxygen atoms in total. The van der Waals surface area contributed by atoms with Crippen LogP contribution in [0.4, 0.5) is 5.69 Å². The minimum absolute atomic E-state index is 0.0994. The van der Waals surface area contributed by atoms with Crippen molar-refractivity contribution >= 4 is 23.2 Å². The van der Waals surface area contributed by atoms with Crippen LogP contribution < -0.4 is 5.32 Å². The first-order chi connectivity index (χ1) is 15.6. The number of hydrogen-bond donors (Lipinski definition) is 1. The number of hydrogen-bond acceptors (Lipinski definition) is 1. The molecule has 0 unspecified atom stereocenters. The van der Waals surface area contributed by atoms with Crippen molar-refractivity contribution in [3.63, 3.8) is 0 Å². The highest BCUT2D eigenvalue weighted by Crippen LogP contribution is 2.21. The van der Waals surface area contributed by atoms with E-state index >= 15 is 0 Å². The molecule has 0 bridgehead atoms. The maximum absolute atomic E-state index is 12.1. The Kier molecular flexibility index (Phi) is 18.7. The van der Waals surface area contributed by atoms with Crippen LogP contribution in [0.5, 0.6) is 0 Å². The van der Waals surface area contributed by atoms with E-state index in [1.165, 1.54) is 109 Å². The second-order valence-corrected chi connectivity index (χ2v) is 10.1. The Labute approximate surface area is 204 Å². The molecule has 1 aromatic carbocycles. The normalized spacial score (nSPS) is 11.1. The zero-order valence-electron chi connectivity index (χ0n) is 21.2. The third-order valence-corrected chi connectivity index (χ3v) is 6.72. The summed E-state index contributed by atoms with van der Waals surface area (Å²) in [5.41, 5.74) is 1.89. The van der Waals surface area contributed by atoms with Crippen LogP contribution in [0.3, 0.4) is 0 Å². The van der Waals surface area contributed by atoms with Gasteiger partial charge in [0, 0.05) is 17.1 Å². The zero-order chi connectivity index (χ0) is 23.3. The Morgan fingerprint density at radius 1 is 0.688 bits per heavy atom. The number of halogens is 1. The monoisotopic (exact) mass is 463 g/mol. The van der Waals surface area contributed by atoms with Gasteiger partial charge in [-0.2, -0.15) is 0 Å². The molecule has 0 radical (unpaired) electrons. The highest BCUT2D eigenvalue weighted by molar-refractivity contribution is 6.31. The summed E-state index contributed by atoms with van der Waals surface area (Å²) < 4.78 is 0. The van der Waals surface area contributed by atoms with Gasteiger partial charge in [-0.15, -0.1) is 0 Å². The molecule has 0 aliphatic heterocycles. The number of amides is 1. The van der Waals surface area contributed by atoms with Crippen molar-refractivity contribution in [2.45, 2.75) is 142 Å². The average Bonchev–Trinajstić information content (AvgIpc) is 2.78. The molecule has 0 fully saturated rings. The van der Waals surface area contributed by atoms with Crippen LogP contribution in [-0.4, -0.2) is 5.91 Å². The van der Waals surface area contributed by atoms with Crippen molar-refractivity contribution in [3.05, 3.63) is 28.8 Å². The van der Waals surface area contributed by atoms with E-state index in [-0.39, 0.29) is 5.91 Å². The van der Waals surface area contributed by atoms with E-state index in [1.807, 2.05) is 25.1 Å². The summed E-state index contributed by atoms with van der Waals surface area (Å²) in [6, 6.07) is 5.62. The van der Waals surface area contributed by atoms with Crippen molar-refractivity contribution < 1.29 is 4.79 Å². The maximum atomic E-state index is 12.1. The number of anilines is 1. The molecule has 1 aromatic rings. The van der Waals surface area contributed by atoms with Crippen LogP contribution in [0.25, 0.3) is 0 Å². The smallest absolute Gasteiger partial charge is 0.224 e. The van der Waals surface area contributed by atoms with Crippen LogP contribution in [-0.2, 0) is 4.79 Å². The van der Waals surface area contributed by atoms with E-state index in [4.69, 9.17) is 11.6 Å². The summed E-state index contributed by atoms with van der Waals surface area (Å²) in [6.45, 7) is 4.28. The summed E-state index contributed by atoms with van der Waals surface area (Å²) in [5, 5.41) is 3.65. The Morgan fingerprint density at radius 2 is 1.09 bits per heavy atom. The standard InChI is InChI=1S/C29H50ClNO/c1-3-4-5-6-7-8-9-10-11-12-13-14-15-16-17-18-19-20-21-22-29(32)31-28-25-27(30)24-23-26(28)2/h23-25H,3-22H2,1-2H3,(H,31,32). The lowest BCUT2D eigenvalue weighted by atomic mass is 10.0. The van der Waals surface area contributed by atoms with Gasteiger partial charge in [0.2, 0.25) is 5.91 Å². The first kappa shape index (κ1) is 29.0. The fraction of sp³-hybridized carbons (Fsp3) is 0.759. The fourth-order valence-corrected chi connectivity index (χ4v) is 4.48. The first-order valence-corrected chi connectivity index (χ1v) is 14.1. The molecule has 1 N–H and O–H groups in total. The summed E-state index contributed by atoms with van der Waals surface area (Å²) in [6.07, 6.45) is 26.6. The molecule has 0 saturated heterocycles. The van der Waals surface area contributed by atoms with E-state index in [9.17, 15) is 4.79 Å². The molecule has 0 spiro atoms. The van der Waals surface area contributed by atoms with Crippen molar-refractivity contribution in [3.8, 4) is 0 Å². The lowest BCUT2D eigenvalue weighted by molar-refractivity contribution is -0.116. The minimum Gasteiger partial charge on any atom is -0.326 e. The highest BCUT2D eigenvalue weighted by Gasteiger charge is 2.05. The number of carbonyl (C=O) groups is 1. The number of carbonyl (C=O) groups excluding carboxylic acids is 1. The van der Waals surface area contributed by atoms with Gasteiger partial charge in [-0.1, -0.05) is 140 Å². The predicted octanol–water partition coefficient (Wildman–Crippen LogP) is 10.4. The third-order valence-electron chi connectivity index (χ3n) is 6.48. The largest absolute Gasteiger partial charge is 0.326 e. The van der Waals surface area contributed by atoms with Gasteiger partial charge >= 0.3 is 0 Å². The van der Waals surface area contributed by atoms with Crippen molar-refractivity contribution in [2.75, 3.05) is 5.32 Å². The van der Waals surface area contributed by atoms with E-state index in [0.29, 0.717) is 11.4 Å². The Balaban J connectivity index is 1.80. The van der Waals surface area contributed by atoms with E-state index in [2.05, 4.69) is 12.2 Å². The van der Waals surface area contributed by atoms with Crippen LogP contribution in [0.1, 0.15) is 141 Å². The molecular formula is C29H50ClNO. The lowest BCUT2D eigenvalue weighted by Gasteiger charge is -2.09. The summed E-state index contributed by atoms with van der Waals surface area (Å²) >= 11 is 6.01. The quantitative estimate of drug-likeness (QED) is 0.180. The SMILES string of the molecule is CCCCCCCCCCCCCCCCCCCCCC(=O)Nc1cc(Cl)ccc1C. The molecule has 0 aliphatic carbocycles. The van der Waals surface area contributed by atoms with Crippen molar-refractivity contribution in [2.24, 2.45) is 0 Å². The molecule has 3 heteroatoms. The molecule has 0 heterocycles. The molecule has 0 atom stereocenters. The molecule has 1 amide bonds. The molecule has 0 aliphatic rings. The van der Waals surface area contributed by atoms with Gasteiger partial charge in [0.1, 0.15) is 0 Å². The van der Waals surface area contributed by atoms with Gasteiger partial charge in [0.15, 0.2) is 0 Å². The predicted molar refractivity (Wildman–Crippen MR) is 143 cm³/mol. The topological polar surface area (TPSA) is 29.1 Å². The second-order valence-electron chi connectivity index (χ2n) is 9.62. The second kappa shape index (κ2) is 20.6. The lowest BCUT2D eigenvalue weighted by Crippen LogP contribution is -2.12. The minimum atomic E-state index is 0.0994. The van der Waals surface area contributed by atoms with E-state index in [1.54, 1.807) is 0 Å². The van der Waals surface area contributed by atoms with Gasteiger partial charge < -0.3 is 5.32 Å². The van der Waals surface area contributed by atoms with Gasteiger partial charge in [-0.25, -0.2) is 0 Å². The molecule has 32 heavy (non-hydrogen) atoms. The molecule has 0 aromatic heterocycles. The van der Waals surface area contributed by atoms with Crippen LogP contribution in [0.15, 0.2) is 18.2 Å². The van der Waals surface area contributed by atoms with Crippen molar-refractivity contribution in [1.82, 2.24) is 0 Å². The summed E-state index contributed by atoms with van der Waals surface area (Å²) in [4.78, 5) is 12.1. The summed E-state index contributed by atoms with van der Waals surface area (Å²) in [7, 11) is 0. The Morgan fingerprint density at radius 3 is 1.53 bits per heavy atom. The highest BCUT2D eigenvalue weighted by atomic mass is 35.5. The molecule has 1 rings (SSSR count). The fourth-order valence-electron chi connectivity index (χ4n) is 4.31. The number of benzene rings is 1.